The zero-order chi connectivity index (χ0) is 11.4. The molecule has 0 radical (unpaired) electrons. The second-order valence-corrected chi connectivity index (χ2v) is 5.11. The van der Waals surface area contributed by atoms with Crippen LogP contribution in [-0.2, 0) is 6.54 Å². The van der Waals surface area contributed by atoms with Crippen LogP contribution in [0.15, 0.2) is 10.2 Å². The Morgan fingerprint density at radius 1 is 1.56 bits per heavy atom. The van der Waals surface area contributed by atoms with Crippen molar-refractivity contribution in [1.82, 2.24) is 15.2 Å². The van der Waals surface area contributed by atoms with Gasteiger partial charge >= 0.3 is 4.87 Å². The summed E-state index contributed by atoms with van der Waals surface area (Å²) in [5, 5.41) is 5.41. The van der Waals surface area contributed by atoms with Crippen LogP contribution >= 0.6 is 11.3 Å². The fraction of sp³-hybridized carbons (Fsp3) is 0.727. The van der Waals surface area contributed by atoms with Gasteiger partial charge in [-0.1, -0.05) is 18.3 Å². The fourth-order valence-electron chi connectivity index (χ4n) is 2.11. The molecule has 16 heavy (non-hydrogen) atoms. The fourth-order valence-corrected chi connectivity index (χ4v) is 2.69. The van der Waals surface area contributed by atoms with Crippen LogP contribution in [0.4, 0.5) is 0 Å². The van der Waals surface area contributed by atoms with Gasteiger partial charge in [-0.2, -0.15) is 0 Å². The molecule has 1 aromatic heterocycles. The Labute approximate surface area is 99.7 Å². The lowest BCUT2D eigenvalue weighted by molar-refractivity contribution is 0.205. The third-order valence-corrected chi connectivity index (χ3v) is 3.91. The Morgan fingerprint density at radius 3 is 2.88 bits per heavy atom. The van der Waals surface area contributed by atoms with Crippen molar-refractivity contribution >= 4 is 11.3 Å². The average molecular weight is 241 g/mol. The lowest BCUT2D eigenvalue weighted by atomic mass is 10.1. The topological polar surface area (TPSA) is 48.1 Å². The second kappa shape index (κ2) is 5.61. The number of likely N-dealkylation sites (tertiary alicyclic amines) is 1. The van der Waals surface area contributed by atoms with Gasteiger partial charge in [0.1, 0.15) is 0 Å². The van der Waals surface area contributed by atoms with E-state index in [1.54, 1.807) is 0 Å². The minimum absolute atomic E-state index is 0.0394. The van der Waals surface area contributed by atoms with Gasteiger partial charge in [-0.3, -0.25) is 4.79 Å². The first-order valence-electron chi connectivity index (χ1n) is 5.90. The van der Waals surface area contributed by atoms with Crippen molar-refractivity contribution in [3.63, 3.8) is 0 Å². The quantitative estimate of drug-likeness (QED) is 0.827. The summed E-state index contributed by atoms with van der Waals surface area (Å²) in [6.07, 6.45) is 2.42. The van der Waals surface area contributed by atoms with Crippen LogP contribution in [0.5, 0.6) is 0 Å². The third-order valence-electron chi connectivity index (χ3n) is 3.19. The van der Waals surface area contributed by atoms with E-state index in [-0.39, 0.29) is 4.87 Å². The molecule has 1 aromatic rings. The lowest BCUT2D eigenvalue weighted by Gasteiger charge is -2.31. The van der Waals surface area contributed by atoms with Gasteiger partial charge in [0, 0.05) is 23.7 Å². The van der Waals surface area contributed by atoms with E-state index in [0.717, 1.165) is 18.8 Å². The highest BCUT2D eigenvalue weighted by molar-refractivity contribution is 7.07. The van der Waals surface area contributed by atoms with Crippen molar-refractivity contribution in [2.24, 2.45) is 0 Å². The van der Waals surface area contributed by atoms with Crippen LogP contribution in [0.25, 0.3) is 0 Å². The molecule has 0 saturated carbocycles. The number of hydrogen-bond donors (Lipinski definition) is 2. The molecule has 1 fully saturated rings. The highest BCUT2D eigenvalue weighted by Crippen LogP contribution is 2.10. The van der Waals surface area contributed by atoms with E-state index in [0.29, 0.717) is 6.04 Å². The highest BCUT2D eigenvalue weighted by atomic mass is 32.1. The average Bonchev–Trinajstić information content (AvgIpc) is 2.73. The number of rotatable bonds is 4. The molecule has 1 aliphatic heterocycles. The number of nitrogens with zero attached hydrogens (tertiary/aromatic N) is 1. The molecule has 0 amide bonds. The van der Waals surface area contributed by atoms with Crippen LogP contribution in [-0.4, -0.2) is 35.6 Å². The summed E-state index contributed by atoms with van der Waals surface area (Å²) in [5.41, 5.74) is 1.01. The molecule has 0 spiro atoms. The molecule has 0 unspecified atom stereocenters. The normalized spacial score (nSPS) is 19.1. The number of nitrogens with one attached hydrogen (secondary N) is 2. The summed E-state index contributed by atoms with van der Waals surface area (Å²) in [6.45, 7) is 6.53. The van der Waals surface area contributed by atoms with Crippen LogP contribution in [0.2, 0.25) is 0 Å². The number of H-pyrrole nitrogens is 1. The molecule has 0 aliphatic carbocycles. The maximum Gasteiger partial charge on any atom is 0.304 e. The SMILES string of the molecule is CCN1CCC(NCc2csc(=O)[nH]2)CC1. The zero-order valence-electron chi connectivity index (χ0n) is 9.66. The van der Waals surface area contributed by atoms with E-state index in [4.69, 9.17) is 0 Å². The van der Waals surface area contributed by atoms with Gasteiger partial charge in [0.15, 0.2) is 0 Å². The largest absolute Gasteiger partial charge is 0.315 e. The Balaban J connectivity index is 1.73. The Hall–Kier alpha value is -0.650. The highest BCUT2D eigenvalue weighted by Gasteiger charge is 2.17. The predicted octanol–water partition coefficient (Wildman–Crippen LogP) is 1.01. The van der Waals surface area contributed by atoms with Crippen molar-refractivity contribution in [1.29, 1.82) is 0 Å². The predicted molar refractivity (Wildman–Crippen MR) is 66.9 cm³/mol. The Bertz CT molecular complexity index is 365. The molecule has 0 bridgehead atoms. The summed E-state index contributed by atoms with van der Waals surface area (Å²) in [6, 6.07) is 0.603. The van der Waals surface area contributed by atoms with Crippen molar-refractivity contribution in [3.05, 3.63) is 20.7 Å². The summed E-state index contributed by atoms with van der Waals surface area (Å²) in [4.78, 5) is 16.3. The number of thiazole rings is 1. The van der Waals surface area contributed by atoms with E-state index < -0.39 is 0 Å². The van der Waals surface area contributed by atoms with Gasteiger partial charge in [-0.25, -0.2) is 0 Å². The molecule has 0 atom stereocenters. The van der Waals surface area contributed by atoms with Crippen LogP contribution in [0.3, 0.4) is 0 Å². The van der Waals surface area contributed by atoms with Gasteiger partial charge in [0.25, 0.3) is 0 Å². The molecule has 1 aliphatic rings. The monoisotopic (exact) mass is 241 g/mol. The third kappa shape index (κ3) is 3.17. The van der Waals surface area contributed by atoms with Gasteiger partial charge in [0.05, 0.1) is 0 Å². The molecule has 1 saturated heterocycles. The van der Waals surface area contributed by atoms with E-state index >= 15 is 0 Å². The van der Waals surface area contributed by atoms with Gasteiger partial charge < -0.3 is 15.2 Å². The molecular formula is C11H19N3OS. The molecule has 2 heterocycles. The summed E-state index contributed by atoms with van der Waals surface area (Å²) in [7, 11) is 0. The number of aromatic amines is 1. The number of hydrogen-bond acceptors (Lipinski definition) is 4. The van der Waals surface area contributed by atoms with Gasteiger partial charge in [-0.05, 0) is 32.5 Å². The van der Waals surface area contributed by atoms with Crippen molar-refractivity contribution in [2.75, 3.05) is 19.6 Å². The standard InChI is InChI=1S/C11H19N3OS/c1-2-14-5-3-9(4-6-14)12-7-10-8-16-11(15)13-10/h8-9,12H,2-7H2,1H3,(H,13,15). The van der Waals surface area contributed by atoms with Gasteiger partial charge in [0.2, 0.25) is 0 Å². The van der Waals surface area contributed by atoms with E-state index in [2.05, 4.69) is 22.1 Å². The Morgan fingerprint density at radius 2 is 2.31 bits per heavy atom. The minimum Gasteiger partial charge on any atom is -0.315 e. The van der Waals surface area contributed by atoms with E-state index in [1.807, 2.05) is 5.38 Å². The summed E-state index contributed by atoms with van der Waals surface area (Å²) < 4.78 is 0. The number of piperidine rings is 1. The molecule has 2 N–H and O–H groups in total. The maximum absolute atomic E-state index is 11.0. The molecule has 4 nitrogen and oxygen atoms in total. The molecular weight excluding hydrogens is 222 g/mol. The molecule has 2 rings (SSSR count). The maximum atomic E-state index is 11.0. The lowest BCUT2D eigenvalue weighted by Crippen LogP contribution is -2.42. The summed E-state index contributed by atoms with van der Waals surface area (Å²) >= 11 is 1.24. The first-order chi connectivity index (χ1) is 7.78. The molecule has 90 valence electrons. The van der Waals surface area contributed by atoms with E-state index in [1.165, 1.54) is 37.3 Å². The summed E-state index contributed by atoms with van der Waals surface area (Å²) in [5.74, 6) is 0. The van der Waals surface area contributed by atoms with Crippen molar-refractivity contribution in [2.45, 2.75) is 32.4 Å². The first kappa shape index (κ1) is 11.8. The number of aromatic nitrogens is 1. The minimum atomic E-state index is 0.0394. The van der Waals surface area contributed by atoms with Crippen LogP contribution in [0, 0.1) is 0 Å². The zero-order valence-corrected chi connectivity index (χ0v) is 10.5. The molecule has 0 aromatic carbocycles. The van der Waals surface area contributed by atoms with Crippen LogP contribution in [0.1, 0.15) is 25.5 Å². The van der Waals surface area contributed by atoms with Crippen molar-refractivity contribution in [3.8, 4) is 0 Å². The Kier molecular flexibility index (Phi) is 4.15. The smallest absolute Gasteiger partial charge is 0.304 e. The van der Waals surface area contributed by atoms with Crippen molar-refractivity contribution < 1.29 is 0 Å². The van der Waals surface area contributed by atoms with Crippen LogP contribution < -0.4 is 10.2 Å². The first-order valence-corrected chi connectivity index (χ1v) is 6.78. The van der Waals surface area contributed by atoms with E-state index in [9.17, 15) is 4.79 Å². The van der Waals surface area contributed by atoms with Gasteiger partial charge in [-0.15, -0.1) is 0 Å². The second-order valence-electron chi connectivity index (χ2n) is 4.26. The molecule has 5 heteroatoms.